The minimum Gasteiger partial charge on any atom is -0.383 e. The predicted octanol–water partition coefficient (Wildman–Crippen LogP) is 0.287. The van der Waals surface area contributed by atoms with E-state index >= 15 is 0 Å². The number of nitrogen functional groups attached to an aromatic ring is 1. The number of nitrogens with two attached hydrogens (primary N) is 2. The predicted molar refractivity (Wildman–Crippen MR) is 69.6 cm³/mol. The van der Waals surface area contributed by atoms with Crippen LogP contribution < -0.4 is 11.5 Å². The monoisotopic (exact) mass is 290 g/mol. The van der Waals surface area contributed by atoms with Crippen molar-refractivity contribution in [3.05, 3.63) is 17.3 Å². The molecular formula is C10H15ClN4O2S. The van der Waals surface area contributed by atoms with E-state index in [0.29, 0.717) is 19.6 Å². The van der Waals surface area contributed by atoms with Gasteiger partial charge in [-0.1, -0.05) is 11.6 Å². The molecule has 1 aliphatic rings. The van der Waals surface area contributed by atoms with E-state index in [-0.39, 0.29) is 21.7 Å². The molecule has 0 spiro atoms. The smallest absolute Gasteiger partial charge is 0.246 e. The quantitative estimate of drug-likeness (QED) is 0.833. The van der Waals surface area contributed by atoms with Crippen molar-refractivity contribution in [2.45, 2.75) is 11.3 Å². The van der Waals surface area contributed by atoms with E-state index in [1.165, 1.54) is 16.6 Å². The lowest BCUT2D eigenvalue weighted by Crippen LogP contribution is -2.30. The van der Waals surface area contributed by atoms with Gasteiger partial charge in [0.15, 0.2) is 0 Å². The Morgan fingerprint density at radius 1 is 1.56 bits per heavy atom. The first kappa shape index (κ1) is 13.5. The van der Waals surface area contributed by atoms with Crippen LogP contribution in [-0.2, 0) is 10.0 Å². The van der Waals surface area contributed by atoms with Crippen molar-refractivity contribution < 1.29 is 8.42 Å². The third kappa shape index (κ3) is 2.44. The van der Waals surface area contributed by atoms with E-state index in [1.54, 1.807) is 0 Å². The maximum atomic E-state index is 12.4. The third-order valence-corrected chi connectivity index (χ3v) is 5.15. The Balaban J connectivity index is 2.34. The lowest BCUT2D eigenvalue weighted by atomic mass is 10.1. The van der Waals surface area contributed by atoms with Crippen molar-refractivity contribution in [3.63, 3.8) is 0 Å². The summed E-state index contributed by atoms with van der Waals surface area (Å²) in [6.07, 6.45) is 2.09. The van der Waals surface area contributed by atoms with Gasteiger partial charge in [0.25, 0.3) is 0 Å². The average molecular weight is 291 g/mol. The molecule has 1 fully saturated rings. The second-order valence-corrected chi connectivity index (χ2v) is 6.63. The molecule has 8 heteroatoms. The molecule has 1 saturated heterocycles. The Morgan fingerprint density at radius 2 is 2.28 bits per heavy atom. The first-order valence-electron chi connectivity index (χ1n) is 5.56. The van der Waals surface area contributed by atoms with Gasteiger partial charge in [-0.2, -0.15) is 4.31 Å². The van der Waals surface area contributed by atoms with Crippen LogP contribution >= 0.6 is 11.6 Å². The number of sulfonamides is 1. The Hall–Kier alpha value is -0.890. The van der Waals surface area contributed by atoms with Crippen molar-refractivity contribution >= 4 is 27.4 Å². The molecule has 1 unspecified atom stereocenters. The summed E-state index contributed by atoms with van der Waals surface area (Å²) in [5, 5.41) is 0.248. The van der Waals surface area contributed by atoms with Gasteiger partial charge in [0, 0.05) is 19.3 Å². The van der Waals surface area contributed by atoms with Crippen molar-refractivity contribution in [2.24, 2.45) is 11.7 Å². The minimum absolute atomic E-state index is 0.0319. The average Bonchev–Trinajstić information content (AvgIpc) is 2.81. The molecule has 1 atom stereocenters. The summed E-state index contributed by atoms with van der Waals surface area (Å²) >= 11 is 5.76. The van der Waals surface area contributed by atoms with Crippen LogP contribution in [0.3, 0.4) is 0 Å². The molecule has 0 aromatic carbocycles. The summed E-state index contributed by atoms with van der Waals surface area (Å²) in [7, 11) is -3.63. The molecule has 1 aromatic rings. The topological polar surface area (TPSA) is 102 Å². The molecule has 18 heavy (non-hydrogen) atoms. The molecular weight excluding hydrogens is 276 g/mol. The Morgan fingerprint density at radius 3 is 2.89 bits per heavy atom. The van der Waals surface area contributed by atoms with Crippen molar-refractivity contribution in [1.29, 1.82) is 0 Å². The van der Waals surface area contributed by atoms with Crippen LogP contribution in [-0.4, -0.2) is 37.3 Å². The molecule has 0 radical (unpaired) electrons. The summed E-state index contributed by atoms with van der Waals surface area (Å²) in [6, 6.07) is 1.33. The van der Waals surface area contributed by atoms with Gasteiger partial charge in [-0.3, -0.25) is 0 Å². The molecule has 1 aliphatic heterocycles. The highest BCUT2D eigenvalue weighted by atomic mass is 35.5. The fourth-order valence-corrected chi connectivity index (χ4v) is 3.83. The van der Waals surface area contributed by atoms with Crippen molar-refractivity contribution in [1.82, 2.24) is 9.29 Å². The summed E-state index contributed by atoms with van der Waals surface area (Å²) in [5.41, 5.74) is 11.2. The molecule has 6 nitrogen and oxygen atoms in total. The highest BCUT2D eigenvalue weighted by Crippen LogP contribution is 2.27. The lowest BCUT2D eigenvalue weighted by molar-refractivity contribution is 0.459. The SMILES string of the molecule is NCC1CCN(S(=O)(=O)c2cc(Cl)cnc2N)C1. The molecule has 0 aliphatic carbocycles. The van der Waals surface area contributed by atoms with Crippen LogP contribution in [0.1, 0.15) is 6.42 Å². The van der Waals surface area contributed by atoms with Gasteiger partial charge in [-0.15, -0.1) is 0 Å². The molecule has 4 N–H and O–H groups in total. The number of halogens is 1. The molecule has 2 heterocycles. The largest absolute Gasteiger partial charge is 0.383 e. The fraction of sp³-hybridized carbons (Fsp3) is 0.500. The normalized spacial score (nSPS) is 21.3. The summed E-state index contributed by atoms with van der Waals surface area (Å²) in [5.74, 6) is 0.170. The second kappa shape index (κ2) is 5.00. The van der Waals surface area contributed by atoms with Gasteiger partial charge < -0.3 is 11.5 Å². The first-order valence-corrected chi connectivity index (χ1v) is 7.38. The maximum absolute atomic E-state index is 12.4. The maximum Gasteiger partial charge on any atom is 0.246 e. The van der Waals surface area contributed by atoms with Crippen LogP contribution in [0.15, 0.2) is 17.2 Å². The standard InChI is InChI=1S/C10H15ClN4O2S/c11-8-3-9(10(13)14-5-8)18(16,17)15-2-1-7(4-12)6-15/h3,5,7H,1-2,4,6,12H2,(H2,13,14). The lowest BCUT2D eigenvalue weighted by Gasteiger charge is -2.17. The Labute approximate surface area is 111 Å². The zero-order chi connectivity index (χ0) is 13.3. The van der Waals surface area contributed by atoms with Gasteiger partial charge in [-0.25, -0.2) is 13.4 Å². The number of pyridine rings is 1. The van der Waals surface area contributed by atoms with E-state index in [0.717, 1.165) is 6.42 Å². The Bertz CT molecular complexity index is 549. The van der Waals surface area contributed by atoms with Crippen LogP contribution in [0.25, 0.3) is 0 Å². The summed E-state index contributed by atoms with van der Waals surface area (Å²) < 4.78 is 26.1. The number of anilines is 1. The number of hydrogen-bond acceptors (Lipinski definition) is 5. The molecule has 100 valence electrons. The van der Waals surface area contributed by atoms with Crippen LogP contribution in [0, 0.1) is 5.92 Å². The number of nitrogens with zero attached hydrogens (tertiary/aromatic N) is 2. The number of aromatic nitrogens is 1. The summed E-state index contributed by atoms with van der Waals surface area (Å²) in [4.78, 5) is 3.74. The van der Waals surface area contributed by atoms with E-state index in [2.05, 4.69) is 4.98 Å². The molecule has 0 bridgehead atoms. The van der Waals surface area contributed by atoms with Gasteiger partial charge in [0.05, 0.1) is 5.02 Å². The highest BCUT2D eigenvalue weighted by molar-refractivity contribution is 7.89. The zero-order valence-electron chi connectivity index (χ0n) is 9.71. The number of rotatable bonds is 3. The van der Waals surface area contributed by atoms with Crippen LogP contribution in [0.2, 0.25) is 5.02 Å². The van der Waals surface area contributed by atoms with Gasteiger partial charge in [-0.05, 0) is 24.9 Å². The molecule has 0 saturated carbocycles. The van der Waals surface area contributed by atoms with Gasteiger partial charge in [0.2, 0.25) is 10.0 Å². The van der Waals surface area contributed by atoms with Crippen molar-refractivity contribution in [2.75, 3.05) is 25.4 Å². The Kier molecular flexibility index (Phi) is 3.76. The van der Waals surface area contributed by atoms with Gasteiger partial charge >= 0.3 is 0 Å². The van der Waals surface area contributed by atoms with Crippen LogP contribution in [0.5, 0.6) is 0 Å². The van der Waals surface area contributed by atoms with E-state index in [9.17, 15) is 8.42 Å². The summed E-state index contributed by atoms with van der Waals surface area (Å²) in [6.45, 7) is 1.36. The third-order valence-electron chi connectivity index (χ3n) is 3.05. The van der Waals surface area contributed by atoms with E-state index < -0.39 is 10.0 Å². The minimum atomic E-state index is -3.63. The molecule has 1 aromatic heterocycles. The number of hydrogen-bond donors (Lipinski definition) is 2. The molecule has 2 rings (SSSR count). The zero-order valence-corrected chi connectivity index (χ0v) is 11.3. The fourth-order valence-electron chi connectivity index (χ4n) is 1.98. The van der Waals surface area contributed by atoms with Gasteiger partial charge in [0.1, 0.15) is 10.7 Å². The van der Waals surface area contributed by atoms with Crippen molar-refractivity contribution in [3.8, 4) is 0 Å². The van der Waals surface area contributed by atoms with Crippen LogP contribution in [0.4, 0.5) is 5.82 Å². The van der Waals surface area contributed by atoms with E-state index in [1.807, 2.05) is 0 Å². The first-order chi connectivity index (χ1) is 8.45. The highest BCUT2D eigenvalue weighted by Gasteiger charge is 2.33. The molecule has 0 amide bonds. The van der Waals surface area contributed by atoms with E-state index in [4.69, 9.17) is 23.1 Å². The second-order valence-electron chi connectivity index (χ2n) is 4.29.